The first kappa shape index (κ1) is 11.2. The fourth-order valence-corrected chi connectivity index (χ4v) is 1.24. The van der Waals surface area contributed by atoms with Gasteiger partial charge in [-0.1, -0.05) is 30.9 Å². The van der Waals surface area contributed by atoms with E-state index < -0.39 is 0 Å². The number of methoxy groups -OCH3 is 1. The Balaban J connectivity index is 3.10. The first-order valence-electron chi connectivity index (χ1n) is 4.67. The highest BCUT2D eigenvalue weighted by Gasteiger charge is 2.05. The summed E-state index contributed by atoms with van der Waals surface area (Å²) in [6.07, 6.45) is 5.45. The van der Waals surface area contributed by atoms with Gasteiger partial charge in [0.25, 0.3) is 0 Å². The molecular weight excluding hydrogens is 188 g/mol. The minimum Gasteiger partial charge on any atom is -0.465 e. The summed E-state index contributed by atoms with van der Waals surface area (Å²) in [6.45, 7) is 5.59. The van der Waals surface area contributed by atoms with Crippen molar-refractivity contribution in [2.75, 3.05) is 7.11 Å². The molecule has 0 bridgehead atoms. The Kier molecular flexibility index (Phi) is 3.86. The molecule has 1 rings (SSSR count). The predicted octanol–water partition coefficient (Wildman–Crippen LogP) is 2.98. The van der Waals surface area contributed by atoms with Gasteiger partial charge >= 0.3 is 5.97 Å². The van der Waals surface area contributed by atoms with Crippen LogP contribution in [-0.2, 0) is 4.74 Å². The van der Waals surface area contributed by atoms with Crippen LogP contribution in [0.3, 0.4) is 0 Å². The van der Waals surface area contributed by atoms with Crippen LogP contribution < -0.4 is 0 Å². The molecule has 15 heavy (non-hydrogen) atoms. The Hall–Kier alpha value is -1.83. The lowest BCUT2D eigenvalue weighted by molar-refractivity contribution is 0.0600. The van der Waals surface area contributed by atoms with E-state index in [1.165, 1.54) is 7.11 Å². The number of hydrogen-bond donors (Lipinski definition) is 0. The number of hydrogen-bond acceptors (Lipinski definition) is 2. The number of ether oxygens (including phenoxy) is 1. The molecule has 1 aromatic rings. The summed E-state index contributed by atoms with van der Waals surface area (Å²) in [5.74, 6) is -0.316. The summed E-state index contributed by atoms with van der Waals surface area (Å²) in [4.78, 5) is 11.3. The molecule has 0 saturated carbocycles. The largest absolute Gasteiger partial charge is 0.465 e. The van der Waals surface area contributed by atoms with Gasteiger partial charge in [-0.05, 0) is 30.2 Å². The average molecular weight is 202 g/mol. The Morgan fingerprint density at radius 3 is 2.80 bits per heavy atom. The maximum Gasteiger partial charge on any atom is 0.337 e. The van der Waals surface area contributed by atoms with Crippen molar-refractivity contribution in [2.24, 2.45) is 0 Å². The lowest BCUT2D eigenvalue weighted by Gasteiger charge is -2.03. The van der Waals surface area contributed by atoms with Crippen LogP contribution in [-0.4, -0.2) is 13.1 Å². The van der Waals surface area contributed by atoms with Crippen LogP contribution in [0.25, 0.3) is 6.08 Å². The van der Waals surface area contributed by atoms with Gasteiger partial charge in [0.05, 0.1) is 12.7 Å². The molecule has 0 spiro atoms. The first-order valence-corrected chi connectivity index (χ1v) is 4.67. The molecule has 0 heterocycles. The number of carbonyl (C=O) groups is 1. The third kappa shape index (κ3) is 2.81. The Bertz CT molecular complexity index is 403. The average Bonchev–Trinajstić information content (AvgIpc) is 2.27. The smallest absolute Gasteiger partial charge is 0.337 e. The zero-order valence-electron chi connectivity index (χ0n) is 8.99. The summed E-state index contributed by atoms with van der Waals surface area (Å²) in [7, 11) is 1.38. The summed E-state index contributed by atoms with van der Waals surface area (Å²) < 4.78 is 4.65. The van der Waals surface area contributed by atoms with Crippen molar-refractivity contribution in [3.63, 3.8) is 0 Å². The van der Waals surface area contributed by atoms with E-state index in [0.29, 0.717) is 5.56 Å². The van der Waals surface area contributed by atoms with Crippen molar-refractivity contribution in [2.45, 2.75) is 6.92 Å². The van der Waals surface area contributed by atoms with Crippen molar-refractivity contribution >= 4 is 12.0 Å². The minimum atomic E-state index is -0.316. The van der Waals surface area contributed by atoms with Gasteiger partial charge in [-0.15, -0.1) is 0 Å². The second-order valence-corrected chi connectivity index (χ2v) is 3.16. The van der Waals surface area contributed by atoms with Gasteiger partial charge in [0.1, 0.15) is 0 Å². The van der Waals surface area contributed by atoms with E-state index in [-0.39, 0.29) is 5.97 Å². The Labute approximate surface area is 89.9 Å². The van der Waals surface area contributed by atoms with E-state index in [2.05, 4.69) is 11.3 Å². The normalized spacial score (nSPS) is 10.3. The minimum absolute atomic E-state index is 0.316. The molecule has 0 aliphatic rings. The van der Waals surface area contributed by atoms with E-state index in [0.717, 1.165) is 11.1 Å². The molecule has 0 unspecified atom stereocenters. The molecule has 0 radical (unpaired) electrons. The van der Waals surface area contributed by atoms with Gasteiger partial charge in [0.2, 0.25) is 0 Å². The van der Waals surface area contributed by atoms with Gasteiger partial charge in [0, 0.05) is 0 Å². The molecule has 0 aliphatic carbocycles. The highest BCUT2D eigenvalue weighted by molar-refractivity contribution is 5.90. The van der Waals surface area contributed by atoms with E-state index in [4.69, 9.17) is 0 Å². The second kappa shape index (κ2) is 5.15. The van der Waals surface area contributed by atoms with E-state index >= 15 is 0 Å². The van der Waals surface area contributed by atoms with Crippen LogP contribution >= 0.6 is 0 Å². The van der Waals surface area contributed by atoms with Crippen LogP contribution in [0.5, 0.6) is 0 Å². The zero-order valence-corrected chi connectivity index (χ0v) is 8.99. The lowest BCUT2D eigenvalue weighted by atomic mass is 10.0. The fraction of sp³-hybridized carbons (Fsp3) is 0.154. The van der Waals surface area contributed by atoms with Crippen LogP contribution in [0.2, 0.25) is 0 Å². The number of benzene rings is 1. The van der Waals surface area contributed by atoms with E-state index in [1.54, 1.807) is 18.2 Å². The third-order valence-corrected chi connectivity index (χ3v) is 2.11. The number of esters is 1. The number of rotatable bonds is 3. The number of carbonyl (C=O) groups excluding carboxylic acids is 1. The first-order chi connectivity index (χ1) is 7.19. The third-order valence-electron chi connectivity index (χ3n) is 2.11. The standard InChI is InChI=1S/C13H14O2/c1-4-5-6-11-9-12(13(14)15-3)8-7-10(11)2/h4-9H,1H2,2-3H3/b6-5-. The molecule has 0 aliphatic heterocycles. The van der Waals surface area contributed by atoms with Gasteiger partial charge in [-0.2, -0.15) is 0 Å². The zero-order chi connectivity index (χ0) is 11.3. The number of allylic oxidation sites excluding steroid dienone is 2. The van der Waals surface area contributed by atoms with Gasteiger partial charge in [-0.3, -0.25) is 0 Å². The monoisotopic (exact) mass is 202 g/mol. The van der Waals surface area contributed by atoms with Gasteiger partial charge in [0.15, 0.2) is 0 Å². The summed E-state index contributed by atoms with van der Waals surface area (Å²) in [5.41, 5.74) is 2.67. The van der Waals surface area contributed by atoms with Crippen molar-refractivity contribution in [3.05, 3.63) is 53.6 Å². The molecule has 0 saturated heterocycles. The summed E-state index contributed by atoms with van der Waals surface area (Å²) in [6, 6.07) is 5.46. The second-order valence-electron chi connectivity index (χ2n) is 3.16. The maximum atomic E-state index is 11.3. The van der Waals surface area contributed by atoms with E-state index in [1.807, 2.05) is 25.1 Å². The van der Waals surface area contributed by atoms with Gasteiger partial charge in [-0.25, -0.2) is 4.79 Å². The van der Waals surface area contributed by atoms with Crippen molar-refractivity contribution in [1.82, 2.24) is 0 Å². The predicted molar refractivity (Wildman–Crippen MR) is 61.7 cm³/mol. The lowest BCUT2D eigenvalue weighted by Crippen LogP contribution is -2.01. The van der Waals surface area contributed by atoms with Crippen LogP contribution in [0.1, 0.15) is 21.5 Å². The summed E-state index contributed by atoms with van der Waals surface area (Å²) in [5, 5.41) is 0. The van der Waals surface area contributed by atoms with Crippen molar-refractivity contribution in [1.29, 1.82) is 0 Å². The molecule has 0 aromatic heterocycles. The Morgan fingerprint density at radius 1 is 1.47 bits per heavy atom. The molecule has 0 atom stereocenters. The van der Waals surface area contributed by atoms with Crippen LogP contribution in [0.15, 0.2) is 36.9 Å². The molecule has 0 amide bonds. The molecule has 78 valence electrons. The molecular formula is C13H14O2. The molecule has 2 nitrogen and oxygen atoms in total. The number of aryl methyl sites for hydroxylation is 1. The van der Waals surface area contributed by atoms with Crippen LogP contribution in [0.4, 0.5) is 0 Å². The quantitative estimate of drug-likeness (QED) is 0.556. The summed E-state index contributed by atoms with van der Waals surface area (Å²) >= 11 is 0. The van der Waals surface area contributed by atoms with E-state index in [9.17, 15) is 4.79 Å². The molecule has 1 aromatic carbocycles. The van der Waals surface area contributed by atoms with Gasteiger partial charge < -0.3 is 4.74 Å². The highest BCUT2D eigenvalue weighted by Crippen LogP contribution is 2.13. The highest BCUT2D eigenvalue weighted by atomic mass is 16.5. The topological polar surface area (TPSA) is 26.3 Å². The maximum absolute atomic E-state index is 11.3. The van der Waals surface area contributed by atoms with Crippen molar-refractivity contribution in [3.8, 4) is 0 Å². The molecule has 2 heteroatoms. The SMILES string of the molecule is C=C/C=C\c1cc(C(=O)OC)ccc1C. The van der Waals surface area contributed by atoms with Crippen molar-refractivity contribution < 1.29 is 9.53 Å². The Morgan fingerprint density at radius 2 is 2.20 bits per heavy atom. The molecule has 0 fully saturated rings. The van der Waals surface area contributed by atoms with Crippen LogP contribution in [0, 0.1) is 6.92 Å². The molecule has 0 N–H and O–H groups in total. The fourth-order valence-electron chi connectivity index (χ4n) is 1.24.